The van der Waals surface area contributed by atoms with Crippen LogP contribution in [0.3, 0.4) is 0 Å². The quantitative estimate of drug-likeness (QED) is 0.565. The van der Waals surface area contributed by atoms with Crippen LogP contribution < -0.4 is 10.3 Å². The van der Waals surface area contributed by atoms with Gasteiger partial charge in [-0.2, -0.15) is 0 Å². The van der Waals surface area contributed by atoms with Gasteiger partial charge in [0.15, 0.2) is 0 Å². The molecule has 1 saturated carbocycles. The van der Waals surface area contributed by atoms with Gasteiger partial charge in [-0.05, 0) is 49.2 Å². The van der Waals surface area contributed by atoms with E-state index in [1.54, 1.807) is 45.7 Å². The molecule has 8 heteroatoms. The van der Waals surface area contributed by atoms with Gasteiger partial charge >= 0.3 is 0 Å². The number of para-hydroxylation sites is 1. The van der Waals surface area contributed by atoms with E-state index in [1.807, 2.05) is 24.3 Å². The number of carbonyl (C=O) groups excluding carboxylic acids is 2. The van der Waals surface area contributed by atoms with Gasteiger partial charge in [0.25, 0.3) is 11.5 Å². The number of hydrogen-bond donors (Lipinski definition) is 0. The standard InChI is InChI=1S/C26H28N4O4/c1-34-20-10-6-18(7-11-20)25(32)29-16-14-28(15-17-29)24(31)13-12-23-27-22-5-3-2-4-21(22)26(33)30(23)19-8-9-19/h2-7,10-11,19H,8-9,12-17H2,1H3. The molecule has 34 heavy (non-hydrogen) atoms. The number of benzene rings is 2. The van der Waals surface area contributed by atoms with Crippen molar-refractivity contribution in [3.63, 3.8) is 0 Å². The molecule has 0 radical (unpaired) electrons. The third-order valence-corrected chi connectivity index (χ3v) is 6.61. The van der Waals surface area contributed by atoms with Crippen LogP contribution in [-0.2, 0) is 11.2 Å². The third-order valence-electron chi connectivity index (χ3n) is 6.61. The molecule has 0 bridgehead atoms. The molecular formula is C26H28N4O4. The summed E-state index contributed by atoms with van der Waals surface area (Å²) in [6, 6.07) is 14.6. The van der Waals surface area contributed by atoms with Crippen LogP contribution in [0.5, 0.6) is 5.75 Å². The van der Waals surface area contributed by atoms with Crippen LogP contribution in [-0.4, -0.2) is 64.5 Å². The van der Waals surface area contributed by atoms with Crippen molar-refractivity contribution in [2.45, 2.75) is 31.7 Å². The van der Waals surface area contributed by atoms with Crippen molar-refractivity contribution in [1.29, 1.82) is 0 Å². The molecule has 0 unspecified atom stereocenters. The van der Waals surface area contributed by atoms with Gasteiger partial charge in [-0.15, -0.1) is 0 Å². The second-order valence-corrected chi connectivity index (χ2v) is 8.85. The Morgan fingerprint density at radius 1 is 0.971 bits per heavy atom. The van der Waals surface area contributed by atoms with Crippen molar-refractivity contribution in [2.24, 2.45) is 0 Å². The van der Waals surface area contributed by atoms with Gasteiger partial charge in [0.05, 0.1) is 18.0 Å². The van der Waals surface area contributed by atoms with E-state index in [0.29, 0.717) is 67.1 Å². The zero-order valence-electron chi connectivity index (χ0n) is 19.3. The topological polar surface area (TPSA) is 84.7 Å². The molecule has 0 N–H and O–H groups in total. The molecule has 1 saturated heterocycles. The Hall–Kier alpha value is -3.68. The Bertz CT molecular complexity index is 1270. The van der Waals surface area contributed by atoms with E-state index in [1.165, 1.54) is 0 Å². The number of ether oxygens (including phenoxy) is 1. The van der Waals surface area contributed by atoms with Gasteiger partial charge < -0.3 is 14.5 Å². The number of carbonyl (C=O) groups is 2. The summed E-state index contributed by atoms with van der Waals surface area (Å²) >= 11 is 0. The molecule has 1 aromatic heterocycles. The van der Waals surface area contributed by atoms with E-state index < -0.39 is 0 Å². The van der Waals surface area contributed by atoms with Crippen LogP contribution in [0.1, 0.15) is 41.5 Å². The molecule has 5 rings (SSSR count). The van der Waals surface area contributed by atoms with E-state index in [0.717, 1.165) is 12.8 Å². The first-order valence-corrected chi connectivity index (χ1v) is 11.8. The van der Waals surface area contributed by atoms with Gasteiger partial charge in [0.1, 0.15) is 11.6 Å². The monoisotopic (exact) mass is 460 g/mol. The van der Waals surface area contributed by atoms with E-state index >= 15 is 0 Å². The molecule has 2 fully saturated rings. The normalized spacial score (nSPS) is 16.0. The lowest BCUT2D eigenvalue weighted by molar-refractivity contribution is -0.132. The maximum absolute atomic E-state index is 13.0. The first-order chi connectivity index (χ1) is 16.5. The van der Waals surface area contributed by atoms with Crippen molar-refractivity contribution in [2.75, 3.05) is 33.3 Å². The van der Waals surface area contributed by atoms with Crippen molar-refractivity contribution in [3.05, 3.63) is 70.3 Å². The predicted molar refractivity (Wildman–Crippen MR) is 128 cm³/mol. The molecule has 2 heterocycles. The van der Waals surface area contributed by atoms with Crippen LogP contribution in [0.4, 0.5) is 0 Å². The molecule has 0 spiro atoms. The lowest BCUT2D eigenvalue weighted by atomic mass is 10.1. The van der Waals surface area contributed by atoms with Gasteiger partial charge in [-0.3, -0.25) is 19.0 Å². The van der Waals surface area contributed by atoms with Crippen molar-refractivity contribution < 1.29 is 14.3 Å². The summed E-state index contributed by atoms with van der Waals surface area (Å²) in [5, 5.41) is 0.627. The predicted octanol–water partition coefficient (Wildman–Crippen LogP) is 2.66. The molecule has 3 aromatic rings. The lowest BCUT2D eigenvalue weighted by Crippen LogP contribution is -2.50. The fourth-order valence-electron chi connectivity index (χ4n) is 4.53. The zero-order chi connectivity index (χ0) is 23.7. The fourth-order valence-corrected chi connectivity index (χ4v) is 4.53. The molecular weight excluding hydrogens is 432 g/mol. The number of hydrogen-bond acceptors (Lipinski definition) is 5. The number of piperazine rings is 1. The largest absolute Gasteiger partial charge is 0.497 e. The molecule has 1 aliphatic carbocycles. The highest BCUT2D eigenvalue weighted by atomic mass is 16.5. The molecule has 0 atom stereocenters. The maximum atomic E-state index is 13.0. The lowest BCUT2D eigenvalue weighted by Gasteiger charge is -2.35. The van der Waals surface area contributed by atoms with Crippen LogP contribution in [0, 0.1) is 0 Å². The number of amides is 2. The smallest absolute Gasteiger partial charge is 0.261 e. The number of aryl methyl sites for hydroxylation is 1. The minimum Gasteiger partial charge on any atom is -0.497 e. The summed E-state index contributed by atoms with van der Waals surface area (Å²) in [5.74, 6) is 1.39. The number of fused-ring (bicyclic) bond motifs is 1. The van der Waals surface area contributed by atoms with Crippen LogP contribution in [0.15, 0.2) is 53.3 Å². The molecule has 2 amide bonds. The third kappa shape index (κ3) is 4.40. The van der Waals surface area contributed by atoms with Gasteiger partial charge in [-0.25, -0.2) is 4.98 Å². The number of methoxy groups -OCH3 is 1. The van der Waals surface area contributed by atoms with Gasteiger partial charge in [0.2, 0.25) is 5.91 Å². The fraction of sp³-hybridized carbons (Fsp3) is 0.385. The molecule has 8 nitrogen and oxygen atoms in total. The van der Waals surface area contributed by atoms with Crippen LogP contribution in [0.25, 0.3) is 10.9 Å². The Kier molecular flexibility index (Phi) is 6.04. The average Bonchev–Trinajstić information content (AvgIpc) is 3.72. The first-order valence-electron chi connectivity index (χ1n) is 11.8. The number of nitrogens with zero attached hydrogens (tertiary/aromatic N) is 4. The maximum Gasteiger partial charge on any atom is 0.261 e. The second kappa shape index (κ2) is 9.29. The summed E-state index contributed by atoms with van der Waals surface area (Å²) in [7, 11) is 1.59. The second-order valence-electron chi connectivity index (χ2n) is 8.85. The highest BCUT2D eigenvalue weighted by molar-refractivity contribution is 5.94. The number of aromatic nitrogens is 2. The molecule has 2 aromatic carbocycles. The highest BCUT2D eigenvalue weighted by Gasteiger charge is 2.29. The molecule has 2 aliphatic rings. The Balaban J connectivity index is 1.21. The van der Waals surface area contributed by atoms with Crippen LogP contribution >= 0.6 is 0 Å². The summed E-state index contributed by atoms with van der Waals surface area (Å²) in [6.07, 6.45) is 2.68. The molecule has 1 aliphatic heterocycles. The zero-order valence-corrected chi connectivity index (χ0v) is 19.3. The minimum atomic E-state index is -0.0384. The van der Waals surface area contributed by atoms with Gasteiger partial charge in [-0.1, -0.05) is 12.1 Å². The van der Waals surface area contributed by atoms with Gasteiger partial charge in [0, 0.05) is 50.6 Å². The van der Waals surface area contributed by atoms with Crippen LogP contribution in [0.2, 0.25) is 0 Å². The summed E-state index contributed by atoms with van der Waals surface area (Å²) in [5.41, 5.74) is 1.28. The van der Waals surface area contributed by atoms with E-state index in [2.05, 4.69) is 0 Å². The summed E-state index contributed by atoms with van der Waals surface area (Å²) in [4.78, 5) is 47.0. The Labute approximate surface area is 197 Å². The van der Waals surface area contributed by atoms with Crippen molar-refractivity contribution >= 4 is 22.7 Å². The van der Waals surface area contributed by atoms with Crippen molar-refractivity contribution in [1.82, 2.24) is 19.4 Å². The van der Waals surface area contributed by atoms with Crippen molar-refractivity contribution in [3.8, 4) is 5.75 Å². The Morgan fingerprint density at radius 3 is 2.32 bits per heavy atom. The van der Waals surface area contributed by atoms with E-state index in [4.69, 9.17) is 9.72 Å². The van der Waals surface area contributed by atoms with E-state index in [-0.39, 0.29) is 23.4 Å². The average molecular weight is 461 g/mol. The summed E-state index contributed by atoms with van der Waals surface area (Å²) in [6.45, 7) is 2.00. The summed E-state index contributed by atoms with van der Waals surface area (Å²) < 4.78 is 6.94. The van der Waals surface area contributed by atoms with E-state index in [9.17, 15) is 14.4 Å². The Morgan fingerprint density at radius 2 is 1.65 bits per heavy atom. The minimum absolute atomic E-state index is 0.0128. The molecule has 176 valence electrons. The SMILES string of the molecule is COc1ccc(C(=O)N2CCN(C(=O)CCc3nc4ccccc4c(=O)n3C3CC3)CC2)cc1. The first kappa shape index (κ1) is 22.1. The number of rotatable bonds is 6. The highest BCUT2D eigenvalue weighted by Crippen LogP contribution is 2.35.